The van der Waals surface area contributed by atoms with Crippen LogP contribution in [0.2, 0.25) is 0 Å². The van der Waals surface area contributed by atoms with Crippen LogP contribution in [-0.4, -0.2) is 25.8 Å². The number of hydrogen-bond acceptors (Lipinski definition) is 3. The first-order chi connectivity index (χ1) is 5.72. The van der Waals surface area contributed by atoms with Crippen molar-refractivity contribution < 1.29 is 14.2 Å². The predicted molar refractivity (Wildman–Crippen MR) is 45.7 cm³/mol. The Bertz CT molecular complexity index is 124. The van der Waals surface area contributed by atoms with Gasteiger partial charge in [-0.15, -0.1) is 0 Å². The fourth-order valence-electron chi connectivity index (χ4n) is 1.50. The molecule has 1 rings (SSSR count). The number of hydrogen-bond donors (Lipinski definition) is 0. The average Bonchev–Trinajstić information content (AvgIpc) is 2.34. The molecule has 0 aromatic rings. The summed E-state index contributed by atoms with van der Waals surface area (Å²) in [5.74, 6) is -0.203. The van der Waals surface area contributed by atoms with Crippen molar-refractivity contribution in [2.75, 3.05) is 19.8 Å². The van der Waals surface area contributed by atoms with Gasteiger partial charge in [-0.25, -0.2) is 0 Å². The summed E-state index contributed by atoms with van der Waals surface area (Å²) in [7, 11) is 0. The Balaban J connectivity index is 2.48. The lowest BCUT2D eigenvalue weighted by molar-refractivity contribution is -0.358. The minimum absolute atomic E-state index is 0.531. The summed E-state index contributed by atoms with van der Waals surface area (Å²) >= 11 is 0. The minimum atomic E-state index is -0.733. The highest BCUT2D eigenvalue weighted by molar-refractivity contribution is 4.70. The third-order valence-electron chi connectivity index (χ3n) is 1.91. The molecule has 0 aromatic carbocycles. The van der Waals surface area contributed by atoms with Crippen LogP contribution >= 0.6 is 0 Å². The zero-order valence-corrected chi connectivity index (χ0v) is 8.13. The number of ether oxygens (including phenoxy) is 3. The Labute approximate surface area is 74.0 Å². The van der Waals surface area contributed by atoms with Crippen molar-refractivity contribution in [2.24, 2.45) is 5.92 Å². The lowest BCUT2D eigenvalue weighted by Crippen LogP contribution is -2.35. The van der Waals surface area contributed by atoms with Crippen molar-refractivity contribution in [3.8, 4) is 0 Å². The second kappa shape index (κ2) is 4.21. The van der Waals surface area contributed by atoms with Gasteiger partial charge in [0, 0.05) is 19.6 Å². The van der Waals surface area contributed by atoms with Crippen LogP contribution in [0.15, 0.2) is 0 Å². The first-order valence-corrected chi connectivity index (χ1v) is 4.64. The third-order valence-corrected chi connectivity index (χ3v) is 1.91. The van der Waals surface area contributed by atoms with Gasteiger partial charge in [0.15, 0.2) is 0 Å². The first-order valence-electron chi connectivity index (χ1n) is 4.64. The Morgan fingerprint density at radius 2 is 1.92 bits per heavy atom. The number of rotatable bonds is 4. The Kier molecular flexibility index (Phi) is 3.50. The van der Waals surface area contributed by atoms with Gasteiger partial charge < -0.3 is 14.2 Å². The molecule has 12 heavy (non-hydrogen) atoms. The normalized spacial score (nSPS) is 27.8. The van der Waals surface area contributed by atoms with Crippen LogP contribution in [0.5, 0.6) is 0 Å². The van der Waals surface area contributed by atoms with E-state index in [0.717, 1.165) is 13.0 Å². The molecule has 1 heterocycles. The fraction of sp³-hybridized carbons (Fsp3) is 1.00. The van der Waals surface area contributed by atoms with E-state index in [1.165, 1.54) is 0 Å². The highest BCUT2D eigenvalue weighted by Crippen LogP contribution is 2.31. The van der Waals surface area contributed by atoms with Crippen LogP contribution in [-0.2, 0) is 14.2 Å². The highest BCUT2D eigenvalue weighted by atomic mass is 16.9. The van der Waals surface area contributed by atoms with Gasteiger partial charge >= 0.3 is 0 Å². The molecular formula is C9H18O3. The lowest BCUT2D eigenvalue weighted by atomic mass is 10.1. The molecule has 0 amide bonds. The molecule has 1 aliphatic heterocycles. The maximum absolute atomic E-state index is 5.49. The minimum Gasteiger partial charge on any atom is -0.328 e. The summed E-state index contributed by atoms with van der Waals surface area (Å²) in [6.45, 7) is 8.04. The van der Waals surface area contributed by atoms with Crippen molar-refractivity contribution in [2.45, 2.75) is 33.2 Å². The topological polar surface area (TPSA) is 27.7 Å². The molecule has 72 valence electrons. The lowest BCUT2D eigenvalue weighted by Gasteiger charge is -2.27. The molecule has 3 heteroatoms. The van der Waals surface area contributed by atoms with Crippen molar-refractivity contribution in [3.63, 3.8) is 0 Å². The van der Waals surface area contributed by atoms with Crippen LogP contribution in [0.25, 0.3) is 0 Å². The van der Waals surface area contributed by atoms with Gasteiger partial charge in [0.1, 0.15) is 0 Å². The smallest absolute Gasteiger partial charge is 0.283 e. The van der Waals surface area contributed by atoms with Gasteiger partial charge in [0.05, 0.1) is 6.61 Å². The van der Waals surface area contributed by atoms with Crippen LogP contribution in [0.3, 0.4) is 0 Å². The molecule has 0 radical (unpaired) electrons. The molecule has 1 atom stereocenters. The first kappa shape index (κ1) is 9.96. The summed E-state index contributed by atoms with van der Waals surface area (Å²) in [5, 5.41) is 0. The summed E-state index contributed by atoms with van der Waals surface area (Å²) in [5.41, 5.74) is 0. The van der Waals surface area contributed by atoms with Crippen LogP contribution in [0.4, 0.5) is 0 Å². The fourth-order valence-corrected chi connectivity index (χ4v) is 1.50. The van der Waals surface area contributed by atoms with Crippen molar-refractivity contribution in [1.82, 2.24) is 0 Å². The second-order valence-electron chi connectivity index (χ2n) is 3.17. The summed E-state index contributed by atoms with van der Waals surface area (Å²) in [6.07, 6.45) is 0.842. The molecule has 1 saturated heterocycles. The highest BCUT2D eigenvalue weighted by Gasteiger charge is 2.40. The molecule has 0 aromatic heterocycles. The van der Waals surface area contributed by atoms with Crippen molar-refractivity contribution in [1.29, 1.82) is 0 Å². The van der Waals surface area contributed by atoms with E-state index in [1.807, 2.05) is 13.8 Å². The van der Waals surface area contributed by atoms with Crippen molar-refractivity contribution in [3.05, 3.63) is 0 Å². The average molecular weight is 174 g/mol. The zero-order valence-electron chi connectivity index (χ0n) is 8.13. The van der Waals surface area contributed by atoms with Crippen LogP contribution < -0.4 is 0 Å². The molecule has 0 bridgehead atoms. The maximum atomic E-state index is 5.49. The second-order valence-corrected chi connectivity index (χ2v) is 3.17. The molecule has 3 nitrogen and oxygen atoms in total. The molecule has 1 aliphatic rings. The molecule has 1 fully saturated rings. The van der Waals surface area contributed by atoms with E-state index < -0.39 is 5.97 Å². The Morgan fingerprint density at radius 1 is 1.33 bits per heavy atom. The van der Waals surface area contributed by atoms with Gasteiger partial charge in [0.25, 0.3) is 5.97 Å². The third kappa shape index (κ3) is 2.19. The van der Waals surface area contributed by atoms with Crippen molar-refractivity contribution >= 4 is 0 Å². The Hall–Kier alpha value is -0.120. The van der Waals surface area contributed by atoms with Crippen LogP contribution in [0.1, 0.15) is 27.2 Å². The Morgan fingerprint density at radius 3 is 2.25 bits per heavy atom. The van der Waals surface area contributed by atoms with E-state index in [4.69, 9.17) is 14.2 Å². The maximum Gasteiger partial charge on any atom is 0.283 e. The zero-order chi connectivity index (χ0) is 9.03. The SMILES string of the molecule is CCOC1(OCC)CC(C)CO1. The largest absolute Gasteiger partial charge is 0.328 e. The molecule has 0 N–H and O–H groups in total. The summed E-state index contributed by atoms with van der Waals surface area (Å²) in [4.78, 5) is 0. The van der Waals surface area contributed by atoms with Gasteiger partial charge in [-0.1, -0.05) is 6.92 Å². The van der Waals surface area contributed by atoms with E-state index in [1.54, 1.807) is 0 Å². The van der Waals surface area contributed by atoms with Gasteiger partial charge in [0.2, 0.25) is 0 Å². The monoisotopic (exact) mass is 174 g/mol. The van der Waals surface area contributed by atoms with Gasteiger partial charge in [-0.3, -0.25) is 0 Å². The van der Waals surface area contributed by atoms with E-state index in [2.05, 4.69) is 6.92 Å². The molecular weight excluding hydrogens is 156 g/mol. The van der Waals surface area contributed by atoms with Gasteiger partial charge in [-0.05, 0) is 19.8 Å². The molecule has 0 saturated carbocycles. The molecule has 1 unspecified atom stereocenters. The van der Waals surface area contributed by atoms with Gasteiger partial charge in [-0.2, -0.15) is 0 Å². The summed E-state index contributed by atoms with van der Waals surface area (Å²) < 4.78 is 16.4. The summed E-state index contributed by atoms with van der Waals surface area (Å²) in [6, 6.07) is 0. The quantitative estimate of drug-likeness (QED) is 0.608. The molecule has 0 aliphatic carbocycles. The predicted octanol–water partition coefficient (Wildman–Crippen LogP) is 1.77. The van der Waals surface area contributed by atoms with E-state index in [0.29, 0.717) is 19.1 Å². The van der Waals surface area contributed by atoms with E-state index >= 15 is 0 Å². The van der Waals surface area contributed by atoms with E-state index in [9.17, 15) is 0 Å². The van der Waals surface area contributed by atoms with Crippen LogP contribution in [0, 0.1) is 5.92 Å². The standard InChI is InChI=1S/C9H18O3/c1-4-10-9(11-5-2)6-8(3)7-12-9/h8H,4-7H2,1-3H3. The van der Waals surface area contributed by atoms with E-state index in [-0.39, 0.29) is 0 Å². The molecule has 0 spiro atoms.